The molecule has 44 heavy (non-hydrogen) atoms. The Hall–Kier alpha value is -5.08. The van der Waals surface area contributed by atoms with E-state index in [-0.39, 0.29) is 0 Å². The van der Waals surface area contributed by atoms with E-state index in [0.717, 1.165) is 37.2 Å². The molecule has 1 N–H and O–H groups in total. The van der Waals surface area contributed by atoms with Crippen LogP contribution >= 0.6 is 0 Å². The van der Waals surface area contributed by atoms with Gasteiger partial charge in [-0.25, -0.2) is 0 Å². The maximum absolute atomic E-state index is 4.53. The SMILES string of the molecule is C=C(/C=C/C1=C(c2ccccc2)C(=C/C=c2\c3cccc4cccc(c43)n2CC)/CC1)c1cccc2cccc(NCC)c12. The van der Waals surface area contributed by atoms with Crippen molar-refractivity contribution in [3.63, 3.8) is 0 Å². The van der Waals surface area contributed by atoms with Crippen molar-refractivity contribution in [3.8, 4) is 0 Å². The van der Waals surface area contributed by atoms with E-state index >= 15 is 0 Å². The molecule has 1 aliphatic carbocycles. The number of nitrogens with zero attached hydrogens (tertiary/aromatic N) is 1. The summed E-state index contributed by atoms with van der Waals surface area (Å²) in [5.41, 5.74) is 10.0. The first-order chi connectivity index (χ1) is 21.7. The summed E-state index contributed by atoms with van der Waals surface area (Å²) in [4.78, 5) is 0. The average Bonchev–Trinajstić information content (AvgIpc) is 3.62. The maximum atomic E-state index is 4.53. The van der Waals surface area contributed by atoms with Crippen molar-refractivity contribution in [1.29, 1.82) is 0 Å². The second-order valence-corrected chi connectivity index (χ2v) is 11.5. The van der Waals surface area contributed by atoms with E-state index in [1.54, 1.807) is 0 Å². The molecular formula is C42H38N2. The highest BCUT2D eigenvalue weighted by Gasteiger charge is 2.20. The number of aromatic nitrogens is 1. The summed E-state index contributed by atoms with van der Waals surface area (Å²) in [6.45, 7) is 10.7. The molecular weight excluding hydrogens is 532 g/mol. The standard InChI is InChI=1S/C42H38N2/c1-4-43-37-21-11-17-31-15-9-19-35(41(31)37)29(3)23-24-33-25-26-34(40(33)30-13-7-6-8-14-30)27-28-38-36-20-10-16-32-18-12-22-39(42(32)36)44(38)5-2/h6-24,27-28,43H,3-5,25-26H2,1-2H3/b24-23+,34-27+,38-28+. The summed E-state index contributed by atoms with van der Waals surface area (Å²) in [5, 5.41) is 11.3. The summed E-state index contributed by atoms with van der Waals surface area (Å²) < 4.78 is 2.45. The van der Waals surface area contributed by atoms with E-state index in [4.69, 9.17) is 0 Å². The lowest BCUT2D eigenvalue weighted by Gasteiger charge is -2.13. The van der Waals surface area contributed by atoms with Gasteiger partial charge in [0.05, 0.1) is 0 Å². The number of fused-ring (bicyclic) bond motifs is 1. The number of anilines is 1. The molecule has 0 saturated heterocycles. The molecule has 0 radical (unpaired) electrons. The average molecular weight is 571 g/mol. The van der Waals surface area contributed by atoms with Gasteiger partial charge in [0, 0.05) is 45.8 Å². The number of aryl methyl sites for hydroxylation is 1. The van der Waals surface area contributed by atoms with Crippen molar-refractivity contribution in [3.05, 3.63) is 156 Å². The molecule has 0 aliphatic heterocycles. The van der Waals surface area contributed by atoms with Crippen LogP contribution in [0.2, 0.25) is 0 Å². The maximum Gasteiger partial charge on any atom is 0.0497 e. The molecule has 1 aromatic heterocycles. The molecule has 0 amide bonds. The monoisotopic (exact) mass is 570 g/mol. The van der Waals surface area contributed by atoms with Gasteiger partial charge in [-0.1, -0.05) is 116 Å². The normalized spacial score (nSPS) is 15.1. The zero-order chi connectivity index (χ0) is 30.0. The minimum absolute atomic E-state index is 0.881. The summed E-state index contributed by atoms with van der Waals surface area (Å²) in [6, 6.07) is 37.1. The van der Waals surface area contributed by atoms with Crippen molar-refractivity contribution in [2.75, 3.05) is 11.9 Å². The molecule has 2 heteroatoms. The molecule has 1 aliphatic rings. The first kappa shape index (κ1) is 27.7. The Bertz CT molecular complexity index is 2160. The van der Waals surface area contributed by atoms with Gasteiger partial charge in [-0.15, -0.1) is 0 Å². The Kier molecular flexibility index (Phi) is 7.50. The van der Waals surface area contributed by atoms with Gasteiger partial charge in [0.1, 0.15) is 0 Å². The zero-order valence-corrected chi connectivity index (χ0v) is 25.6. The predicted molar refractivity (Wildman–Crippen MR) is 192 cm³/mol. The van der Waals surface area contributed by atoms with Crippen LogP contribution in [0, 0.1) is 0 Å². The van der Waals surface area contributed by atoms with Crippen molar-refractivity contribution in [2.45, 2.75) is 33.2 Å². The van der Waals surface area contributed by atoms with E-state index in [9.17, 15) is 0 Å². The quantitative estimate of drug-likeness (QED) is 0.180. The first-order valence-corrected chi connectivity index (χ1v) is 15.8. The third kappa shape index (κ3) is 4.87. The lowest BCUT2D eigenvalue weighted by molar-refractivity contribution is 0.777. The van der Waals surface area contributed by atoms with Crippen LogP contribution in [0.15, 0.2) is 139 Å². The van der Waals surface area contributed by atoms with Crippen LogP contribution in [0.25, 0.3) is 49.7 Å². The highest BCUT2D eigenvalue weighted by molar-refractivity contribution is 6.10. The minimum Gasteiger partial charge on any atom is -0.385 e. The Labute approximate surface area is 260 Å². The number of hydrogen-bond acceptors (Lipinski definition) is 1. The summed E-state index contributed by atoms with van der Waals surface area (Å²) >= 11 is 0. The van der Waals surface area contributed by atoms with Crippen LogP contribution in [0.1, 0.15) is 37.8 Å². The van der Waals surface area contributed by atoms with Gasteiger partial charge in [-0.3, -0.25) is 0 Å². The molecule has 216 valence electrons. The van der Waals surface area contributed by atoms with E-state index in [1.165, 1.54) is 65.6 Å². The number of allylic oxidation sites excluding steroid dienone is 7. The van der Waals surface area contributed by atoms with Crippen LogP contribution in [0.5, 0.6) is 0 Å². The molecule has 5 aromatic carbocycles. The number of benzene rings is 5. The van der Waals surface area contributed by atoms with Gasteiger partial charge in [-0.2, -0.15) is 0 Å². The number of hydrogen-bond donors (Lipinski definition) is 1. The largest absolute Gasteiger partial charge is 0.385 e. The van der Waals surface area contributed by atoms with Gasteiger partial charge in [-0.05, 0) is 89.1 Å². The molecule has 2 nitrogen and oxygen atoms in total. The fourth-order valence-corrected chi connectivity index (χ4v) is 7.01. The van der Waals surface area contributed by atoms with Crippen molar-refractivity contribution < 1.29 is 0 Å². The molecule has 6 aromatic rings. The first-order valence-electron chi connectivity index (χ1n) is 15.8. The predicted octanol–water partition coefficient (Wildman–Crippen LogP) is 10.3. The third-order valence-electron chi connectivity index (χ3n) is 8.97. The fraction of sp³-hybridized carbons (Fsp3) is 0.143. The fourth-order valence-electron chi connectivity index (χ4n) is 7.01. The van der Waals surface area contributed by atoms with Crippen LogP contribution < -0.4 is 10.7 Å². The second kappa shape index (κ2) is 11.9. The van der Waals surface area contributed by atoms with Gasteiger partial charge >= 0.3 is 0 Å². The molecule has 0 saturated carbocycles. The minimum atomic E-state index is 0.881. The summed E-state index contributed by atoms with van der Waals surface area (Å²) in [5.74, 6) is 0. The zero-order valence-electron chi connectivity index (χ0n) is 25.6. The van der Waals surface area contributed by atoms with Crippen LogP contribution in [0.3, 0.4) is 0 Å². The molecule has 0 spiro atoms. The van der Waals surface area contributed by atoms with Gasteiger partial charge in [0.15, 0.2) is 0 Å². The summed E-state index contributed by atoms with van der Waals surface area (Å²) in [7, 11) is 0. The number of nitrogens with one attached hydrogen (secondary N) is 1. The highest BCUT2D eigenvalue weighted by Crippen LogP contribution is 2.40. The molecule has 0 atom stereocenters. The van der Waals surface area contributed by atoms with E-state index in [2.05, 4.69) is 158 Å². The van der Waals surface area contributed by atoms with Crippen LogP contribution in [-0.2, 0) is 6.54 Å². The lowest BCUT2D eigenvalue weighted by Crippen LogP contribution is -2.14. The Morgan fingerprint density at radius 2 is 1.50 bits per heavy atom. The van der Waals surface area contributed by atoms with Crippen molar-refractivity contribution in [2.24, 2.45) is 0 Å². The van der Waals surface area contributed by atoms with Crippen molar-refractivity contribution >= 4 is 55.4 Å². The third-order valence-corrected chi connectivity index (χ3v) is 8.97. The molecule has 0 bridgehead atoms. The smallest absolute Gasteiger partial charge is 0.0497 e. The molecule has 1 heterocycles. The lowest BCUT2D eigenvalue weighted by atomic mass is 9.95. The number of rotatable bonds is 8. The van der Waals surface area contributed by atoms with Gasteiger partial charge in [0.2, 0.25) is 0 Å². The van der Waals surface area contributed by atoms with Gasteiger partial charge < -0.3 is 9.88 Å². The van der Waals surface area contributed by atoms with Crippen LogP contribution in [-0.4, -0.2) is 11.1 Å². The molecule has 7 rings (SSSR count). The Balaban J connectivity index is 1.32. The van der Waals surface area contributed by atoms with E-state index < -0.39 is 0 Å². The summed E-state index contributed by atoms with van der Waals surface area (Å²) in [6.07, 6.45) is 11.3. The van der Waals surface area contributed by atoms with E-state index in [1.807, 2.05) is 0 Å². The second-order valence-electron chi connectivity index (χ2n) is 11.5. The topological polar surface area (TPSA) is 17.0 Å². The Morgan fingerprint density at radius 3 is 2.27 bits per heavy atom. The molecule has 0 unspecified atom stereocenters. The molecule has 0 fully saturated rings. The highest BCUT2D eigenvalue weighted by atomic mass is 15.0. The van der Waals surface area contributed by atoms with Gasteiger partial charge in [0.25, 0.3) is 0 Å². The van der Waals surface area contributed by atoms with Crippen LogP contribution in [0.4, 0.5) is 5.69 Å². The van der Waals surface area contributed by atoms with E-state index in [0.29, 0.717) is 0 Å². The Morgan fingerprint density at radius 1 is 0.773 bits per heavy atom. The van der Waals surface area contributed by atoms with Crippen molar-refractivity contribution in [1.82, 2.24) is 4.57 Å².